The van der Waals surface area contributed by atoms with Gasteiger partial charge in [-0.3, -0.25) is 0 Å². The fraction of sp³-hybridized carbons (Fsp3) is 0.250. The maximum Gasteiger partial charge on any atom is 0.503 e. The summed E-state index contributed by atoms with van der Waals surface area (Å²) in [6.07, 6.45) is -0.472. The second-order valence-corrected chi connectivity index (χ2v) is 1.34. The van der Waals surface area contributed by atoms with E-state index in [0.717, 1.165) is 0 Å². The number of rotatable bonds is 1. The second-order valence-electron chi connectivity index (χ2n) is 1.34. The summed E-state index contributed by atoms with van der Waals surface area (Å²) >= 11 is 0. The second kappa shape index (κ2) is 5.18. The molecule has 0 unspecified atom stereocenters. The zero-order chi connectivity index (χ0) is 8.69. The van der Waals surface area contributed by atoms with Crippen LogP contribution in [0.15, 0.2) is 10.8 Å². The highest BCUT2D eigenvalue weighted by molar-refractivity contribution is 5.53. The van der Waals surface area contributed by atoms with Crippen LogP contribution in [0.3, 0.4) is 0 Å². The molecule has 1 aromatic rings. The van der Waals surface area contributed by atoms with E-state index in [9.17, 15) is 0 Å². The molecular weight excluding hydrogens is 156 g/mol. The lowest BCUT2D eigenvalue weighted by Gasteiger charge is -1.72. The quantitative estimate of drug-likeness (QED) is 0.522. The third-order valence-corrected chi connectivity index (χ3v) is 0.569. The summed E-state index contributed by atoms with van der Waals surface area (Å²) in [6, 6.07) is 0. The van der Waals surface area contributed by atoms with Gasteiger partial charge in [-0.25, -0.2) is 9.42 Å². The number of aliphatic hydroxyl groups is 1. The molecule has 7 heteroatoms. The lowest BCUT2D eigenvalue weighted by atomic mass is 10.5. The molecule has 0 aliphatic carbocycles. The molecule has 1 rings (SSSR count). The molecule has 0 aliphatic rings. The number of hydrogen-bond donors (Lipinski definition) is 3. The van der Waals surface area contributed by atoms with E-state index >= 15 is 0 Å². The molecule has 0 aliphatic heterocycles. The Balaban J connectivity index is 0.000000218. The van der Waals surface area contributed by atoms with Gasteiger partial charge in [0.15, 0.2) is 0 Å². The summed E-state index contributed by atoms with van der Waals surface area (Å²) < 4.78 is 4.15. The van der Waals surface area contributed by atoms with Gasteiger partial charge in [0.1, 0.15) is 5.69 Å². The predicted octanol–water partition coefficient (Wildman–Crippen LogP) is -0.216. The Kier molecular flexibility index (Phi) is 4.41. The molecule has 0 aromatic carbocycles. The van der Waals surface area contributed by atoms with Gasteiger partial charge in [-0.05, 0) is 0 Å². The number of nitrogens with zero attached hydrogens (tertiary/aromatic N) is 2. The third-order valence-electron chi connectivity index (χ3n) is 0.569. The number of hydrogen-bond acceptors (Lipinski definition) is 5. The summed E-state index contributed by atoms with van der Waals surface area (Å²) in [4.78, 5) is 8.56. The molecule has 7 nitrogen and oxygen atoms in total. The Labute approximate surface area is 60.8 Å². The lowest BCUT2D eigenvalue weighted by molar-refractivity contribution is 0.137. The van der Waals surface area contributed by atoms with Gasteiger partial charge < -0.3 is 15.3 Å². The molecule has 0 spiro atoms. The van der Waals surface area contributed by atoms with Gasteiger partial charge in [-0.15, -0.1) is 0 Å². The van der Waals surface area contributed by atoms with Crippen LogP contribution in [0.4, 0.5) is 4.79 Å². The van der Waals surface area contributed by atoms with Crippen molar-refractivity contribution in [1.82, 2.24) is 10.3 Å². The van der Waals surface area contributed by atoms with Crippen LogP contribution in [0.5, 0.6) is 0 Å². The third kappa shape index (κ3) is 6.25. The Morgan fingerprint density at radius 1 is 1.64 bits per heavy atom. The molecule has 1 aromatic heterocycles. The Bertz CT molecular complexity index is 192. The summed E-state index contributed by atoms with van der Waals surface area (Å²) in [5.74, 6) is 0. The van der Waals surface area contributed by atoms with E-state index in [0.29, 0.717) is 5.69 Å². The van der Waals surface area contributed by atoms with Gasteiger partial charge in [0, 0.05) is 0 Å². The highest BCUT2D eigenvalue weighted by Gasteiger charge is 1.89. The van der Waals surface area contributed by atoms with Gasteiger partial charge in [0.25, 0.3) is 0 Å². The lowest BCUT2D eigenvalue weighted by Crippen LogP contribution is -1.81. The minimum absolute atomic E-state index is 0.108. The molecule has 0 amide bonds. The van der Waals surface area contributed by atoms with Gasteiger partial charge in [0.2, 0.25) is 0 Å². The first kappa shape index (κ1) is 9.37. The van der Waals surface area contributed by atoms with Crippen molar-refractivity contribution < 1.29 is 24.7 Å². The molecular formula is C4H6N2O5. The van der Waals surface area contributed by atoms with Gasteiger partial charge >= 0.3 is 6.16 Å². The maximum absolute atomic E-state index is 8.56. The van der Waals surface area contributed by atoms with Crippen molar-refractivity contribution in [3.05, 3.63) is 11.9 Å². The Morgan fingerprint density at radius 2 is 2.18 bits per heavy atom. The van der Waals surface area contributed by atoms with E-state index in [1.54, 1.807) is 0 Å². The molecule has 11 heavy (non-hydrogen) atoms. The first-order chi connectivity index (χ1) is 5.16. The van der Waals surface area contributed by atoms with Crippen LogP contribution in [0.1, 0.15) is 5.69 Å². The average Bonchev–Trinajstić information content (AvgIpc) is 2.36. The topological polar surface area (TPSA) is 117 Å². The van der Waals surface area contributed by atoms with Crippen molar-refractivity contribution in [2.24, 2.45) is 0 Å². The highest BCUT2D eigenvalue weighted by atomic mass is 16.6. The molecule has 0 fully saturated rings. The van der Waals surface area contributed by atoms with E-state index in [4.69, 9.17) is 20.1 Å². The van der Waals surface area contributed by atoms with E-state index in [1.807, 2.05) is 0 Å². The van der Waals surface area contributed by atoms with E-state index < -0.39 is 6.16 Å². The summed E-state index contributed by atoms with van der Waals surface area (Å²) in [6.45, 7) is -0.108. The standard InChI is InChI=1S/C3H4N2O2.CH2O3/c6-2-3-1-4-7-5-3;2-1(3)4/h1,6H,2H2;(H2,2,3,4). The van der Waals surface area contributed by atoms with Crippen LogP contribution in [0.25, 0.3) is 0 Å². The van der Waals surface area contributed by atoms with Crippen LogP contribution >= 0.6 is 0 Å². The van der Waals surface area contributed by atoms with E-state index in [2.05, 4.69) is 14.9 Å². The summed E-state index contributed by atoms with van der Waals surface area (Å²) in [7, 11) is 0. The molecule has 1 heterocycles. The fourth-order valence-electron chi connectivity index (χ4n) is 0.254. The Hall–Kier alpha value is -1.63. The minimum atomic E-state index is -1.83. The van der Waals surface area contributed by atoms with E-state index in [1.165, 1.54) is 6.20 Å². The normalized spacial score (nSPS) is 8.09. The monoisotopic (exact) mass is 162 g/mol. The summed E-state index contributed by atoms with van der Waals surface area (Å²) in [5, 5.41) is 28.8. The SMILES string of the molecule is O=C(O)O.OCc1cnon1. The van der Waals surface area contributed by atoms with E-state index in [-0.39, 0.29) is 6.61 Å². The molecule has 0 radical (unpaired) electrons. The minimum Gasteiger partial charge on any atom is -0.450 e. The van der Waals surface area contributed by atoms with Crippen molar-refractivity contribution in [3.8, 4) is 0 Å². The van der Waals surface area contributed by atoms with Gasteiger partial charge in [0.05, 0.1) is 12.8 Å². The van der Waals surface area contributed by atoms with Crippen molar-refractivity contribution in [3.63, 3.8) is 0 Å². The van der Waals surface area contributed by atoms with Crippen LogP contribution in [0, 0.1) is 0 Å². The van der Waals surface area contributed by atoms with Crippen molar-refractivity contribution in [2.45, 2.75) is 6.61 Å². The van der Waals surface area contributed by atoms with Crippen molar-refractivity contribution in [2.75, 3.05) is 0 Å². The van der Waals surface area contributed by atoms with Crippen LogP contribution in [-0.4, -0.2) is 31.8 Å². The van der Waals surface area contributed by atoms with Crippen LogP contribution in [0.2, 0.25) is 0 Å². The molecule has 0 saturated heterocycles. The average molecular weight is 162 g/mol. The maximum atomic E-state index is 8.56. The van der Waals surface area contributed by atoms with Gasteiger partial charge in [-0.1, -0.05) is 10.3 Å². The predicted molar refractivity (Wildman–Crippen MR) is 30.9 cm³/mol. The largest absolute Gasteiger partial charge is 0.503 e. The summed E-state index contributed by atoms with van der Waals surface area (Å²) in [5.41, 5.74) is 0.458. The molecule has 3 N–H and O–H groups in total. The number of carbonyl (C=O) groups is 1. The zero-order valence-electron chi connectivity index (χ0n) is 5.34. The molecule has 0 atom stereocenters. The fourth-order valence-corrected chi connectivity index (χ4v) is 0.254. The smallest absolute Gasteiger partial charge is 0.450 e. The number of aliphatic hydroxyl groups excluding tert-OH is 1. The molecule has 62 valence electrons. The molecule has 0 bridgehead atoms. The van der Waals surface area contributed by atoms with Crippen molar-refractivity contribution in [1.29, 1.82) is 0 Å². The van der Waals surface area contributed by atoms with Crippen LogP contribution < -0.4 is 0 Å². The van der Waals surface area contributed by atoms with Crippen molar-refractivity contribution >= 4 is 6.16 Å². The number of aromatic nitrogens is 2. The Morgan fingerprint density at radius 3 is 2.36 bits per heavy atom. The number of carboxylic acid groups (broad SMARTS) is 2. The van der Waals surface area contributed by atoms with Crippen LogP contribution in [-0.2, 0) is 6.61 Å². The van der Waals surface area contributed by atoms with Gasteiger partial charge in [-0.2, -0.15) is 0 Å². The highest BCUT2D eigenvalue weighted by Crippen LogP contribution is 1.86. The zero-order valence-corrected chi connectivity index (χ0v) is 5.34. The first-order valence-corrected chi connectivity index (χ1v) is 2.46. The molecule has 0 saturated carbocycles. The first-order valence-electron chi connectivity index (χ1n) is 2.46.